The Hall–Kier alpha value is -1.30. The van der Waals surface area contributed by atoms with Crippen molar-refractivity contribution in [3.05, 3.63) is 0 Å². The number of rotatable bonds is 4. The minimum atomic E-state index is -0.523. The van der Waals surface area contributed by atoms with E-state index in [0.29, 0.717) is 12.3 Å². The van der Waals surface area contributed by atoms with Crippen molar-refractivity contribution in [2.45, 2.75) is 32.2 Å². The molecule has 102 valence electrons. The first kappa shape index (κ1) is 13.1. The summed E-state index contributed by atoms with van der Waals surface area (Å²) in [6, 6.07) is 0.223. The fraction of sp³-hybridized carbons (Fsp3) is 0.833. The topological polar surface area (TPSA) is 91.0 Å². The van der Waals surface area contributed by atoms with Crippen molar-refractivity contribution in [3.63, 3.8) is 0 Å². The van der Waals surface area contributed by atoms with Crippen LogP contribution in [0.3, 0.4) is 0 Å². The number of nitrogens with two attached hydrogens (primary N) is 1. The van der Waals surface area contributed by atoms with Gasteiger partial charge in [0.1, 0.15) is 0 Å². The first-order chi connectivity index (χ1) is 8.65. The fourth-order valence-corrected chi connectivity index (χ4v) is 3.01. The van der Waals surface area contributed by atoms with Crippen LogP contribution >= 0.6 is 0 Å². The Bertz CT molecular complexity index is 337. The van der Waals surface area contributed by atoms with Crippen LogP contribution in [0.1, 0.15) is 26.2 Å². The molecule has 1 amide bonds. The third-order valence-electron chi connectivity index (χ3n) is 4.18. The molecule has 18 heavy (non-hydrogen) atoms. The Morgan fingerprint density at radius 3 is 2.67 bits per heavy atom. The van der Waals surface area contributed by atoms with Crippen LogP contribution < -0.4 is 11.1 Å². The lowest BCUT2D eigenvalue weighted by molar-refractivity contribution is -0.125. The van der Waals surface area contributed by atoms with Crippen LogP contribution in [0.25, 0.3) is 0 Å². The maximum atomic E-state index is 12.1. The lowest BCUT2D eigenvalue weighted by Crippen LogP contribution is -2.58. The zero-order chi connectivity index (χ0) is 13.1. The van der Waals surface area contributed by atoms with E-state index in [0.717, 1.165) is 32.5 Å². The highest BCUT2D eigenvalue weighted by atomic mass is 16.4. The van der Waals surface area contributed by atoms with Gasteiger partial charge in [-0.15, -0.1) is 0 Å². The fourth-order valence-electron chi connectivity index (χ4n) is 3.01. The van der Waals surface area contributed by atoms with Crippen molar-refractivity contribution in [1.82, 2.24) is 10.2 Å². The van der Waals surface area contributed by atoms with Gasteiger partial charge in [-0.3, -0.25) is 4.79 Å². The molecule has 3 aliphatic rings. The molecule has 0 radical (unpaired) electrons. The zero-order valence-corrected chi connectivity index (χ0v) is 10.8. The van der Waals surface area contributed by atoms with E-state index in [9.17, 15) is 4.79 Å². The molecule has 2 bridgehead atoms. The molecule has 6 heteroatoms. The van der Waals surface area contributed by atoms with Gasteiger partial charge in [0.2, 0.25) is 5.91 Å². The number of fused-ring (bicyclic) bond motifs is 3. The maximum absolute atomic E-state index is 12.1. The second-order valence-corrected chi connectivity index (χ2v) is 5.24. The van der Waals surface area contributed by atoms with Crippen molar-refractivity contribution in [2.75, 3.05) is 19.6 Å². The second kappa shape index (κ2) is 5.56. The Morgan fingerprint density at radius 2 is 2.22 bits per heavy atom. The molecule has 3 aliphatic heterocycles. The summed E-state index contributed by atoms with van der Waals surface area (Å²) in [4.78, 5) is 14.5. The first-order valence-electron chi connectivity index (χ1n) is 6.65. The summed E-state index contributed by atoms with van der Waals surface area (Å²) >= 11 is 0. The summed E-state index contributed by atoms with van der Waals surface area (Å²) in [6.45, 7) is 5.09. The third kappa shape index (κ3) is 2.58. The lowest BCUT2D eigenvalue weighted by atomic mass is 9.83. The number of hydrogen-bond donors (Lipinski definition) is 3. The zero-order valence-electron chi connectivity index (χ0n) is 10.8. The predicted octanol–water partition coefficient (Wildman–Crippen LogP) is -0.0306. The molecule has 4 N–H and O–H groups in total. The molecular weight excluding hydrogens is 232 g/mol. The van der Waals surface area contributed by atoms with Crippen molar-refractivity contribution >= 4 is 11.7 Å². The summed E-state index contributed by atoms with van der Waals surface area (Å²) in [6.07, 6.45) is 2.86. The molecule has 0 aliphatic carbocycles. The monoisotopic (exact) mass is 254 g/mol. The van der Waals surface area contributed by atoms with Gasteiger partial charge in [-0.05, 0) is 38.3 Å². The number of piperidine rings is 3. The average molecular weight is 254 g/mol. The molecule has 0 aromatic carbocycles. The number of carbonyl (C=O) groups excluding carboxylic acids is 1. The molecule has 0 aromatic heterocycles. The Kier molecular flexibility index (Phi) is 4.06. The minimum absolute atomic E-state index is 0.00345. The van der Waals surface area contributed by atoms with Crippen molar-refractivity contribution in [3.8, 4) is 0 Å². The Balaban J connectivity index is 1.94. The number of amides is 1. The highest BCUT2D eigenvalue weighted by Gasteiger charge is 2.36. The molecule has 0 spiro atoms. The lowest BCUT2D eigenvalue weighted by Gasteiger charge is -2.45. The molecule has 2 unspecified atom stereocenters. The van der Waals surface area contributed by atoms with E-state index in [4.69, 9.17) is 10.9 Å². The number of oxime groups is 1. The van der Waals surface area contributed by atoms with E-state index in [1.165, 1.54) is 0 Å². The number of amidine groups is 1. The van der Waals surface area contributed by atoms with Crippen LogP contribution in [0.5, 0.6) is 0 Å². The van der Waals surface area contributed by atoms with E-state index in [1.807, 2.05) is 6.92 Å². The van der Waals surface area contributed by atoms with E-state index in [1.54, 1.807) is 0 Å². The van der Waals surface area contributed by atoms with Crippen LogP contribution in [-0.2, 0) is 4.79 Å². The van der Waals surface area contributed by atoms with E-state index >= 15 is 0 Å². The number of hydrogen-bond acceptors (Lipinski definition) is 4. The van der Waals surface area contributed by atoms with Crippen LogP contribution in [0.4, 0.5) is 0 Å². The maximum Gasteiger partial charge on any atom is 0.231 e. The number of nitrogens with zero attached hydrogens (tertiary/aromatic N) is 2. The molecule has 0 aromatic rings. The third-order valence-corrected chi connectivity index (χ3v) is 4.18. The quantitative estimate of drug-likeness (QED) is 0.284. The Morgan fingerprint density at radius 1 is 1.56 bits per heavy atom. The first-order valence-corrected chi connectivity index (χ1v) is 6.65. The van der Waals surface area contributed by atoms with E-state index < -0.39 is 5.92 Å². The molecular formula is C12H22N4O2. The van der Waals surface area contributed by atoms with Crippen LogP contribution in [0.2, 0.25) is 0 Å². The van der Waals surface area contributed by atoms with Gasteiger partial charge in [-0.25, -0.2) is 0 Å². The minimum Gasteiger partial charge on any atom is -0.409 e. The molecule has 0 saturated carbocycles. The van der Waals surface area contributed by atoms with Crippen LogP contribution in [0, 0.1) is 11.8 Å². The highest BCUT2D eigenvalue weighted by molar-refractivity contribution is 6.02. The second-order valence-electron chi connectivity index (χ2n) is 5.24. The van der Waals surface area contributed by atoms with Gasteiger partial charge in [0, 0.05) is 12.6 Å². The van der Waals surface area contributed by atoms with Crippen molar-refractivity contribution < 1.29 is 10.0 Å². The van der Waals surface area contributed by atoms with Gasteiger partial charge in [-0.2, -0.15) is 0 Å². The molecule has 3 heterocycles. The van der Waals surface area contributed by atoms with Gasteiger partial charge < -0.3 is 21.2 Å². The van der Waals surface area contributed by atoms with Crippen molar-refractivity contribution in [2.24, 2.45) is 22.7 Å². The molecule has 6 nitrogen and oxygen atoms in total. The molecule has 3 saturated heterocycles. The number of nitrogens with one attached hydrogen (secondary N) is 1. The predicted molar refractivity (Wildman–Crippen MR) is 68.3 cm³/mol. The van der Waals surface area contributed by atoms with Gasteiger partial charge >= 0.3 is 0 Å². The molecule has 3 rings (SSSR count). The molecule has 3 fully saturated rings. The van der Waals surface area contributed by atoms with Crippen LogP contribution in [-0.4, -0.2) is 47.5 Å². The smallest absolute Gasteiger partial charge is 0.231 e. The van der Waals surface area contributed by atoms with Gasteiger partial charge in [0.05, 0.1) is 5.92 Å². The normalized spacial score (nSPS) is 33.2. The standard InChI is InChI=1S/C12H22N4O2/c1-2-9(11(13)15-18)12(17)14-10-7-16-5-3-8(10)4-6-16/h8-10,18H,2-7H2,1H3,(H2,13,15)(H,14,17). The number of carbonyl (C=O) groups is 1. The SMILES string of the molecule is CCC(C(=O)NC1CN2CCC1CC2)C(N)=NO. The van der Waals surface area contributed by atoms with Crippen LogP contribution in [0.15, 0.2) is 5.16 Å². The summed E-state index contributed by atoms with van der Waals surface area (Å²) in [5, 5.41) is 14.7. The average Bonchev–Trinajstić information content (AvgIpc) is 2.40. The summed E-state index contributed by atoms with van der Waals surface area (Å²) in [5.74, 6) is -0.0583. The largest absolute Gasteiger partial charge is 0.409 e. The highest BCUT2D eigenvalue weighted by Crippen LogP contribution is 2.27. The van der Waals surface area contributed by atoms with Gasteiger partial charge in [0.25, 0.3) is 0 Å². The summed E-state index contributed by atoms with van der Waals surface area (Å²) < 4.78 is 0. The van der Waals surface area contributed by atoms with Gasteiger partial charge in [0.15, 0.2) is 5.84 Å². The summed E-state index contributed by atoms with van der Waals surface area (Å²) in [7, 11) is 0. The summed E-state index contributed by atoms with van der Waals surface area (Å²) in [5.41, 5.74) is 5.54. The molecule has 2 atom stereocenters. The van der Waals surface area contributed by atoms with Gasteiger partial charge in [-0.1, -0.05) is 12.1 Å². The van der Waals surface area contributed by atoms with E-state index in [2.05, 4.69) is 15.4 Å². The van der Waals surface area contributed by atoms with Crippen molar-refractivity contribution in [1.29, 1.82) is 0 Å². The van der Waals surface area contributed by atoms with E-state index in [-0.39, 0.29) is 17.8 Å². The Labute approximate surface area is 107 Å².